The Morgan fingerprint density at radius 1 is 1.57 bits per heavy atom. The lowest BCUT2D eigenvalue weighted by Crippen LogP contribution is -1.92. The van der Waals surface area contributed by atoms with Gasteiger partial charge in [0.05, 0.1) is 6.61 Å². The average Bonchev–Trinajstić information content (AvgIpc) is 2.64. The summed E-state index contributed by atoms with van der Waals surface area (Å²) in [6.45, 7) is 6.43. The molecule has 0 fully saturated rings. The monoisotopic (exact) mass is 188 g/mol. The van der Waals surface area contributed by atoms with Gasteiger partial charge in [-0.25, -0.2) is 4.98 Å². The number of aromatic nitrogens is 2. The summed E-state index contributed by atoms with van der Waals surface area (Å²) in [4.78, 5) is 4.16. The van der Waals surface area contributed by atoms with Gasteiger partial charge >= 0.3 is 0 Å². The first-order chi connectivity index (χ1) is 6.81. The predicted octanol–water partition coefficient (Wildman–Crippen LogP) is 2.34. The number of hydrogen-bond donors (Lipinski definition) is 0. The van der Waals surface area contributed by atoms with Gasteiger partial charge in [0.1, 0.15) is 11.4 Å². The van der Waals surface area contributed by atoms with Gasteiger partial charge in [-0.1, -0.05) is 6.58 Å². The summed E-state index contributed by atoms with van der Waals surface area (Å²) < 4.78 is 7.27. The minimum Gasteiger partial charge on any atom is -0.494 e. The number of rotatable bonds is 3. The van der Waals surface area contributed by atoms with E-state index in [4.69, 9.17) is 4.74 Å². The smallest absolute Gasteiger partial charge is 0.136 e. The summed E-state index contributed by atoms with van der Waals surface area (Å²) in [5, 5.41) is 0. The third-order valence-corrected chi connectivity index (χ3v) is 2.03. The maximum absolute atomic E-state index is 5.33. The maximum Gasteiger partial charge on any atom is 0.136 e. The van der Waals surface area contributed by atoms with Crippen LogP contribution in [0.5, 0.6) is 0 Å². The molecule has 0 unspecified atom stereocenters. The second-order valence-corrected chi connectivity index (χ2v) is 2.97. The first-order valence-corrected chi connectivity index (χ1v) is 4.56. The molecule has 0 saturated carbocycles. The van der Waals surface area contributed by atoms with Gasteiger partial charge in [0.15, 0.2) is 0 Å². The van der Waals surface area contributed by atoms with E-state index in [1.807, 2.05) is 35.9 Å². The van der Waals surface area contributed by atoms with Crippen molar-refractivity contribution in [3.63, 3.8) is 0 Å². The van der Waals surface area contributed by atoms with Crippen LogP contribution in [-0.4, -0.2) is 16.0 Å². The van der Waals surface area contributed by atoms with E-state index in [-0.39, 0.29) is 0 Å². The third kappa shape index (κ3) is 1.48. The Morgan fingerprint density at radius 2 is 2.43 bits per heavy atom. The molecule has 0 saturated heterocycles. The van der Waals surface area contributed by atoms with Gasteiger partial charge < -0.3 is 9.14 Å². The second kappa shape index (κ2) is 3.54. The van der Waals surface area contributed by atoms with E-state index in [0.29, 0.717) is 12.4 Å². The zero-order valence-corrected chi connectivity index (χ0v) is 8.10. The van der Waals surface area contributed by atoms with E-state index in [1.54, 1.807) is 6.20 Å². The maximum atomic E-state index is 5.33. The molecule has 0 radical (unpaired) electrons. The molecule has 0 aliphatic heterocycles. The molecule has 3 nitrogen and oxygen atoms in total. The molecular weight excluding hydrogens is 176 g/mol. The van der Waals surface area contributed by atoms with Crippen LogP contribution in [0.15, 0.2) is 37.3 Å². The molecule has 2 heterocycles. The third-order valence-electron chi connectivity index (χ3n) is 2.03. The topological polar surface area (TPSA) is 26.5 Å². The lowest BCUT2D eigenvalue weighted by atomic mass is 10.2. The molecule has 0 amide bonds. The summed E-state index contributed by atoms with van der Waals surface area (Å²) >= 11 is 0. The minimum absolute atomic E-state index is 0.640. The number of imidazole rings is 1. The van der Waals surface area contributed by atoms with Crippen LogP contribution in [0.2, 0.25) is 0 Å². The second-order valence-electron chi connectivity index (χ2n) is 2.97. The SMILES string of the molecule is C=C(OCC)c1ccc2nccn2c1. The van der Waals surface area contributed by atoms with Gasteiger partial charge in [-0.3, -0.25) is 0 Å². The quantitative estimate of drug-likeness (QED) is 0.691. The molecule has 0 N–H and O–H groups in total. The Hall–Kier alpha value is -1.77. The van der Waals surface area contributed by atoms with Crippen molar-refractivity contribution >= 4 is 11.4 Å². The molecule has 0 bridgehead atoms. The molecular formula is C11H12N2O. The highest BCUT2D eigenvalue weighted by Crippen LogP contribution is 2.14. The molecule has 0 spiro atoms. The Kier molecular flexibility index (Phi) is 2.23. The normalized spacial score (nSPS) is 10.4. The van der Waals surface area contributed by atoms with Crippen LogP contribution in [0.25, 0.3) is 11.4 Å². The number of hydrogen-bond acceptors (Lipinski definition) is 2. The van der Waals surface area contributed by atoms with Gasteiger partial charge in [0, 0.05) is 24.2 Å². The van der Waals surface area contributed by atoms with E-state index in [0.717, 1.165) is 11.2 Å². The fourth-order valence-corrected chi connectivity index (χ4v) is 1.34. The van der Waals surface area contributed by atoms with Gasteiger partial charge in [0.2, 0.25) is 0 Å². The van der Waals surface area contributed by atoms with Crippen LogP contribution in [-0.2, 0) is 4.74 Å². The van der Waals surface area contributed by atoms with Crippen LogP contribution in [0, 0.1) is 0 Å². The minimum atomic E-state index is 0.640. The average molecular weight is 188 g/mol. The van der Waals surface area contributed by atoms with Gasteiger partial charge in [-0.2, -0.15) is 0 Å². The van der Waals surface area contributed by atoms with Crippen molar-refractivity contribution in [1.82, 2.24) is 9.38 Å². The van der Waals surface area contributed by atoms with Gasteiger partial charge in [-0.05, 0) is 19.1 Å². The molecule has 0 aliphatic carbocycles. The Morgan fingerprint density at radius 3 is 3.21 bits per heavy atom. The van der Waals surface area contributed by atoms with E-state index in [9.17, 15) is 0 Å². The lowest BCUT2D eigenvalue weighted by Gasteiger charge is -2.06. The lowest BCUT2D eigenvalue weighted by molar-refractivity contribution is 0.299. The predicted molar refractivity (Wildman–Crippen MR) is 55.9 cm³/mol. The van der Waals surface area contributed by atoms with Crippen LogP contribution in [0.3, 0.4) is 0 Å². The van der Waals surface area contributed by atoms with Crippen LogP contribution in [0.1, 0.15) is 12.5 Å². The number of nitrogens with zero attached hydrogens (tertiary/aromatic N) is 2. The standard InChI is InChI=1S/C11H12N2O/c1-3-14-9(2)10-4-5-11-12-6-7-13(11)8-10/h4-8H,2-3H2,1H3. The Bertz CT molecular complexity index is 459. The summed E-state index contributed by atoms with van der Waals surface area (Å²) in [5.41, 5.74) is 1.91. The molecule has 2 rings (SSSR count). The van der Waals surface area contributed by atoms with E-state index >= 15 is 0 Å². The molecule has 0 atom stereocenters. The van der Waals surface area contributed by atoms with Crippen molar-refractivity contribution in [2.75, 3.05) is 6.61 Å². The summed E-state index contributed by atoms with van der Waals surface area (Å²) in [5.74, 6) is 0.697. The fraction of sp³-hybridized carbons (Fsp3) is 0.182. The van der Waals surface area contributed by atoms with Crippen molar-refractivity contribution < 1.29 is 4.74 Å². The first kappa shape index (κ1) is 8.81. The summed E-state index contributed by atoms with van der Waals surface area (Å²) in [7, 11) is 0. The van der Waals surface area contributed by atoms with Crippen molar-refractivity contribution in [2.24, 2.45) is 0 Å². The molecule has 3 heteroatoms. The molecule has 2 aromatic rings. The van der Waals surface area contributed by atoms with Gasteiger partial charge in [-0.15, -0.1) is 0 Å². The van der Waals surface area contributed by atoms with Crippen molar-refractivity contribution in [3.05, 3.63) is 42.9 Å². The highest BCUT2D eigenvalue weighted by molar-refractivity contribution is 5.58. The molecule has 2 aromatic heterocycles. The zero-order valence-electron chi connectivity index (χ0n) is 8.10. The fourth-order valence-electron chi connectivity index (χ4n) is 1.34. The Balaban J connectivity index is 2.38. The number of pyridine rings is 1. The summed E-state index contributed by atoms with van der Waals surface area (Å²) in [6, 6.07) is 3.90. The summed E-state index contributed by atoms with van der Waals surface area (Å²) in [6.07, 6.45) is 5.63. The van der Waals surface area contributed by atoms with Crippen LogP contribution in [0.4, 0.5) is 0 Å². The molecule has 14 heavy (non-hydrogen) atoms. The highest BCUT2D eigenvalue weighted by atomic mass is 16.5. The zero-order chi connectivity index (χ0) is 9.97. The van der Waals surface area contributed by atoms with E-state index < -0.39 is 0 Å². The van der Waals surface area contributed by atoms with E-state index in [2.05, 4.69) is 11.6 Å². The number of ether oxygens (including phenoxy) is 1. The molecule has 0 aromatic carbocycles. The Labute approximate surface area is 82.7 Å². The van der Waals surface area contributed by atoms with E-state index in [1.165, 1.54) is 0 Å². The van der Waals surface area contributed by atoms with Crippen molar-refractivity contribution in [1.29, 1.82) is 0 Å². The number of fused-ring (bicyclic) bond motifs is 1. The van der Waals surface area contributed by atoms with Crippen LogP contribution < -0.4 is 0 Å². The van der Waals surface area contributed by atoms with Crippen molar-refractivity contribution in [2.45, 2.75) is 6.92 Å². The van der Waals surface area contributed by atoms with Crippen molar-refractivity contribution in [3.8, 4) is 0 Å². The first-order valence-electron chi connectivity index (χ1n) is 4.56. The molecule has 0 aliphatic rings. The highest BCUT2D eigenvalue weighted by Gasteiger charge is 2.00. The van der Waals surface area contributed by atoms with Crippen LogP contribution >= 0.6 is 0 Å². The largest absolute Gasteiger partial charge is 0.494 e. The van der Waals surface area contributed by atoms with Gasteiger partial charge in [0.25, 0.3) is 0 Å². The molecule has 72 valence electrons.